The van der Waals surface area contributed by atoms with Gasteiger partial charge in [-0.05, 0) is 61.2 Å². The first kappa shape index (κ1) is 13.4. The molecule has 1 saturated heterocycles. The molecule has 2 aromatic carbocycles. The maximum absolute atomic E-state index is 3.50. The molecule has 1 atom stereocenters. The number of anilines is 1. The summed E-state index contributed by atoms with van der Waals surface area (Å²) >= 11 is 0. The van der Waals surface area contributed by atoms with Crippen molar-refractivity contribution in [2.45, 2.75) is 19.3 Å². The van der Waals surface area contributed by atoms with E-state index in [0.717, 1.165) is 12.5 Å². The number of piperidine rings is 1. The van der Waals surface area contributed by atoms with E-state index >= 15 is 0 Å². The van der Waals surface area contributed by atoms with Gasteiger partial charge in [-0.2, -0.15) is 0 Å². The second-order valence-electron chi connectivity index (χ2n) is 5.95. The number of rotatable bonds is 4. The minimum Gasteiger partial charge on any atom is -0.375 e. The lowest BCUT2D eigenvalue weighted by Gasteiger charge is -2.26. The molecule has 1 aliphatic heterocycles. The molecular weight excluding hydrogens is 244 g/mol. The smallest absolute Gasteiger partial charge is 0.0370 e. The van der Waals surface area contributed by atoms with Crippen molar-refractivity contribution in [3.63, 3.8) is 0 Å². The number of nitrogens with zero attached hydrogens (tertiary/aromatic N) is 1. The number of hydrogen-bond acceptors (Lipinski definition) is 2. The zero-order valence-corrected chi connectivity index (χ0v) is 12.3. The van der Waals surface area contributed by atoms with E-state index in [-0.39, 0.29) is 0 Å². The number of hydrogen-bond donors (Lipinski definition) is 1. The van der Waals surface area contributed by atoms with Gasteiger partial charge in [-0.3, -0.25) is 0 Å². The fourth-order valence-electron chi connectivity index (χ4n) is 3.09. The molecule has 1 unspecified atom stereocenters. The SMILES string of the molecule is CN(CCC1CCCNC1)c1ccc2ccccc2c1. The average Bonchev–Trinajstić information content (AvgIpc) is 2.53. The van der Waals surface area contributed by atoms with E-state index in [1.54, 1.807) is 0 Å². The molecule has 0 aromatic heterocycles. The molecule has 1 heterocycles. The Bertz CT molecular complexity index is 558. The van der Waals surface area contributed by atoms with Gasteiger partial charge in [0.15, 0.2) is 0 Å². The Labute approximate surface area is 121 Å². The molecule has 20 heavy (non-hydrogen) atoms. The summed E-state index contributed by atoms with van der Waals surface area (Å²) in [5.74, 6) is 0.853. The summed E-state index contributed by atoms with van der Waals surface area (Å²) in [5, 5.41) is 6.15. The second kappa shape index (κ2) is 6.27. The topological polar surface area (TPSA) is 15.3 Å². The van der Waals surface area contributed by atoms with Crippen LogP contribution in [0.3, 0.4) is 0 Å². The predicted molar refractivity (Wildman–Crippen MR) is 87.4 cm³/mol. The number of fused-ring (bicyclic) bond motifs is 1. The molecule has 1 fully saturated rings. The second-order valence-corrected chi connectivity index (χ2v) is 5.95. The van der Waals surface area contributed by atoms with Gasteiger partial charge >= 0.3 is 0 Å². The van der Waals surface area contributed by atoms with Crippen LogP contribution in [0.2, 0.25) is 0 Å². The van der Waals surface area contributed by atoms with Gasteiger partial charge in [0, 0.05) is 19.3 Å². The molecule has 0 amide bonds. The highest BCUT2D eigenvalue weighted by Crippen LogP contribution is 2.22. The van der Waals surface area contributed by atoms with Crippen molar-refractivity contribution in [1.82, 2.24) is 5.32 Å². The van der Waals surface area contributed by atoms with Crippen LogP contribution in [0.5, 0.6) is 0 Å². The van der Waals surface area contributed by atoms with Crippen molar-refractivity contribution in [3.05, 3.63) is 42.5 Å². The highest BCUT2D eigenvalue weighted by Gasteiger charge is 2.13. The van der Waals surface area contributed by atoms with Gasteiger partial charge in [-0.25, -0.2) is 0 Å². The molecule has 2 heteroatoms. The van der Waals surface area contributed by atoms with Crippen LogP contribution in [0.4, 0.5) is 5.69 Å². The summed E-state index contributed by atoms with van der Waals surface area (Å²) in [6.07, 6.45) is 4.01. The molecule has 0 spiro atoms. The zero-order chi connectivity index (χ0) is 13.8. The minimum atomic E-state index is 0.853. The summed E-state index contributed by atoms with van der Waals surface area (Å²) in [4.78, 5) is 2.39. The quantitative estimate of drug-likeness (QED) is 0.910. The summed E-state index contributed by atoms with van der Waals surface area (Å²) in [6, 6.07) is 15.3. The monoisotopic (exact) mass is 268 g/mol. The molecule has 0 aliphatic carbocycles. The van der Waals surface area contributed by atoms with Gasteiger partial charge in [0.25, 0.3) is 0 Å². The predicted octanol–water partition coefficient (Wildman–Crippen LogP) is 3.67. The molecule has 2 aromatic rings. The van der Waals surface area contributed by atoms with Crippen LogP contribution in [0, 0.1) is 5.92 Å². The van der Waals surface area contributed by atoms with Crippen molar-refractivity contribution < 1.29 is 0 Å². The molecule has 0 radical (unpaired) electrons. The highest BCUT2D eigenvalue weighted by atomic mass is 15.1. The Balaban J connectivity index is 1.64. The van der Waals surface area contributed by atoms with E-state index in [0.29, 0.717) is 0 Å². The molecule has 1 aliphatic rings. The lowest BCUT2D eigenvalue weighted by molar-refractivity contribution is 0.360. The Kier molecular flexibility index (Phi) is 4.22. The molecule has 0 bridgehead atoms. The van der Waals surface area contributed by atoms with Gasteiger partial charge in [-0.15, -0.1) is 0 Å². The molecule has 2 nitrogen and oxygen atoms in total. The Morgan fingerprint density at radius 1 is 1.15 bits per heavy atom. The first-order chi connectivity index (χ1) is 9.83. The summed E-state index contributed by atoms with van der Waals surface area (Å²) in [6.45, 7) is 3.55. The summed E-state index contributed by atoms with van der Waals surface area (Å²) in [5.41, 5.74) is 1.33. The van der Waals surface area contributed by atoms with E-state index in [1.807, 2.05) is 0 Å². The van der Waals surface area contributed by atoms with E-state index < -0.39 is 0 Å². The Morgan fingerprint density at radius 2 is 2.00 bits per heavy atom. The zero-order valence-electron chi connectivity index (χ0n) is 12.3. The van der Waals surface area contributed by atoms with Gasteiger partial charge in [0.2, 0.25) is 0 Å². The lowest BCUT2D eigenvalue weighted by atomic mass is 9.96. The van der Waals surface area contributed by atoms with Crippen LogP contribution in [0.1, 0.15) is 19.3 Å². The molecule has 0 saturated carbocycles. The van der Waals surface area contributed by atoms with Crippen molar-refractivity contribution >= 4 is 16.5 Å². The fraction of sp³-hybridized carbons (Fsp3) is 0.444. The third-order valence-electron chi connectivity index (χ3n) is 4.45. The van der Waals surface area contributed by atoms with Crippen LogP contribution in [-0.4, -0.2) is 26.7 Å². The van der Waals surface area contributed by atoms with E-state index in [9.17, 15) is 0 Å². The molecule has 3 rings (SSSR count). The van der Waals surface area contributed by atoms with E-state index in [4.69, 9.17) is 0 Å². The highest BCUT2D eigenvalue weighted by molar-refractivity contribution is 5.85. The third kappa shape index (κ3) is 3.13. The normalized spacial score (nSPS) is 19.1. The van der Waals surface area contributed by atoms with Crippen molar-refractivity contribution in [2.75, 3.05) is 31.6 Å². The van der Waals surface area contributed by atoms with Gasteiger partial charge in [0.1, 0.15) is 0 Å². The Hall–Kier alpha value is -1.54. The first-order valence-corrected chi connectivity index (χ1v) is 7.73. The fourth-order valence-corrected chi connectivity index (χ4v) is 3.09. The largest absolute Gasteiger partial charge is 0.375 e. The van der Waals surface area contributed by atoms with Gasteiger partial charge in [-0.1, -0.05) is 30.3 Å². The molecule has 106 valence electrons. The summed E-state index contributed by atoms with van der Waals surface area (Å²) < 4.78 is 0. The van der Waals surface area contributed by atoms with Gasteiger partial charge in [0.05, 0.1) is 0 Å². The standard InChI is InChI=1S/C18H24N2/c1-20(12-10-15-5-4-11-19-14-15)18-9-8-16-6-2-3-7-17(16)13-18/h2-3,6-9,13,15,19H,4-5,10-12,14H2,1H3. The van der Waals surface area contributed by atoms with Crippen LogP contribution in [-0.2, 0) is 0 Å². The number of nitrogens with one attached hydrogen (secondary N) is 1. The van der Waals surface area contributed by atoms with Crippen LogP contribution >= 0.6 is 0 Å². The van der Waals surface area contributed by atoms with E-state index in [1.165, 1.54) is 48.8 Å². The van der Waals surface area contributed by atoms with Crippen molar-refractivity contribution in [2.24, 2.45) is 5.92 Å². The van der Waals surface area contributed by atoms with Crippen molar-refractivity contribution in [3.8, 4) is 0 Å². The molecule has 1 N–H and O–H groups in total. The maximum atomic E-state index is 3.50. The average molecular weight is 268 g/mol. The van der Waals surface area contributed by atoms with E-state index in [2.05, 4.69) is 59.7 Å². The molecular formula is C18H24N2. The Morgan fingerprint density at radius 3 is 2.80 bits per heavy atom. The van der Waals surface area contributed by atoms with Gasteiger partial charge < -0.3 is 10.2 Å². The van der Waals surface area contributed by atoms with Crippen LogP contribution in [0.15, 0.2) is 42.5 Å². The first-order valence-electron chi connectivity index (χ1n) is 7.73. The third-order valence-corrected chi connectivity index (χ3v) is 4.45. The van der Waals surface area contributed by atoms with Crippen LogP contribution < -0.4 is 10.2 Å². The van der Waals surface area contributed by atoms with Crippen molar-refractivity contribution in [1.29, 1.82) is 0 Å². The lowest BCUT2D eigenvalue weighted by Crippen LogP contribution is -2.32. The number of benzene rings is 2. The maximum Gasteiger partial charge on any atom is 0.0370 e. The summed E-state index contributed by atoms with van der Waals surface area (Å²) in [7, 11) is 2.21. The minimum absolute atomic E-state index is 0.853. The van der Waals surface area contributed by atoms with Crippen LogP contribution in [0.25, 0.3) is 10.8 Å².